The summed E-state index contributed by atoms with van der Waals surface area (Å²) in [6.07, 6.45) is 4.58. The van der Waals surface area contributed by atoms with E-state index >= 15 is 0 Å². The topological polar surface area (TPSA) is 55.4 Å². The fraction of sp³-hybridized carbons (Fsp3) is 0.647. The normalized spacial score (nSPS) is 13.3. The van der Waals surface area contributed by atoms with Crippen LogP contribution in [0, 0.1) is 0 Å². The van der Waals surface area contributed by atoms with E-state index in [0.29, 0.717) is 0 Å². The zero-order valence-corrected chi connectivity index (χ0v) is 14.9. The van der Waals surface area contributed by atoms with Gasteiger partial charge in [0.05, 0.1) is 5.25 Å². The zero-order chi connectivity index (χ0) is 16.6. The minimum Gasteiger partial charge on any atom is -0.489 e. The smallest absolute Gasteiger partial charge is 0.214 e. The Balaban J connectivity index is 2.43. The lowest BCUT2D eigenvalue weighted by atomic mass is 10.1. The molecule has 0 bridgehead atoms. The van der Waals surface area contributed by atoms with Gasteiger partial charge in [0.2, 0.25) is 10.0 Å². The third kappa shape index (κ3) is 6.79. The molecule has 1 unspecified atom stereocenters. The predicted molar refractivity (Wildman–Crippen MR) is 91.8 cm³/mol. The quantitative estimate of drug-likeness (QED) is 0.669. The van der Waals surface area contributed by atoms with Crippen LogP contribution in [0.25, 0.3) is 0 Å². The Morgan fingerprint density at radius 2 is 1.73 bits per heavy atom. The van der Waals surface area contributed by atoms with E-state index in [1.54, 1.807) is 13.8 Å². The standard InChI is InChI=1S/C17H29NO3S/c1-5-6-7-8-16-9-11-17(12-10-16)21-15(4)13-18-22(19,20)14(2)3/h9-12,14-15,18H,5-8,13H2,1-4H3. The molecule has 0 aromatic heterocycles. The third-order valence-corrected chi connectivity index (χ3v) is 5.33. The van der Waals surface area contributed by atoms with Crippen LogP contribution in [0.15, 0.2) is 24.3 Å². The van der Waals surface area contributed by atoms with Gasteiger partial charge in [0.1, 0.15) is 11.9 Å². The molecule has 1 aromatic rings. The number of aryl methyl sites for hydroxylation is 1. The number of hydrogen-bond donors (Lipinski definition) is 1. The van der Waals surface area contributed by atoms with Crippen LogP contribution in [0.5, 0.6) is 5.75 Å². The molecule has 0 fully saturated rings. The van der Waals surface area contributed by atoms with Gasteiger partial charge in [-0.1, -0.05) is 31.9 Å². The number of rotatable bonds is 10. The average Bonchev–Trinajstić information content (AvgIpc) is 2.47. The Labute approximate surface area is 135 Å². The summed E-state index contributed by atoms with van der Waals surface area (Å²) in [6, 6.07) is 8.06. The summed E-state index contributed by atoms with van der Waals surface area (Å²) in [6.45, 7) is 7.65. The maximum atomic E-state index is 11.7. The zero-order valence-electron chi connectivity index (χ0n) is 14.1. The molecular formula is C17H29NO3S. The van der Waals surface area contributed by atoms with Crippen LogP contribution in [0.2, 0.25) is 0 Å². The van der Waals surface area contributed by atoms with E-state index in [-0.39, 0.29) is 12.6 Å². The van der Waals surface area contributed by atoms with Crippen molar-refractivity contribution in [2.24, 2.45) is 0 Å². The van der Waals surface area contributed by atoms with Gasteiger partial charge in [-0.3, -0.25) is 0 Å². The highest BCUT2D eigenvalue weighted by molar-refractivity contribution is 7.90. The third-order valence-electron chi connectivity index (χ3n) is 3.52. The summed E-state index contributed by atoms with van der Waals surface area (Å²) < 4.78 is 31.7. The van der Waals surface area contributed by atoms with Gasteiger partial charge in [0.25, 0.3) is 0 Å². The molecule has 1 rings (SSSR count). The SMILES string of the molecule is CCCCCc1ccc(OC(C)CNS(=O)(=O)C(C)C)cc1. The van der Waals surface area contributed by atoms with Crippen molar-refractivity contribution in [2.45, 2.75) is 64.7 Å². The maximum Gasteiger partial charge on any atom is 0.214 e. The van der Waals surface area contributed by atoms with Crippen molar-refractivity contribution in [3.8, 4) is 5.75 Å². The first kappa shape index (κ1) is 19.0. The predicted octanol–water partition coefficient (Wildman–Crippen LogP) is 3.51. The van der Waals surface area contributed by atoms with Crippen LogP contribution < -0.4 is 9.46 Å². The summed E-state index contributed by atoms with van der Waals surface area (Å²) in [7, 11) is -3.24. The van der Waals surface area contributed by atoms with E-state index in [9.17, 15) is 8.42 Å². The number of nitrogens with one attached hydrogen (secondary N) is 1. The van der Waals surface area contributed by atoms with E-state index < -0.39 is 15.3 Å². The highest BCUT2D eigenvalue weighted by Crippen LogP contribution is 2.15. The van der Waals surface area contributed by atoms with Crippen LogP contribution in [-0.2, 0) is 16.4 Å². The van der Waals surface area contributed by atoms with Gasteiger partial charge < -0.3 is 4.74 Å². The van der Waals surface area contributed by atoms with Crippen LogP contribution in [0.3, 0.4) is 0 Å². The molecule has 0 heterocycles. The highest BCUT2D eigenvalue weighted by atomic mass is 32.2. The second-order valence-electron chi connectivity index (χ2n) is 5.97. The molecule has 0 radical (unpaired) electrons. The summed E-state index contributed by atoms with van der Waals surface area (Å²) in [5, 5.41) is -0.429. The molecule has 0 saturated carbocycles. The molecular weight excluding hydrogens is 298 g/mol. The molecule has 22 heavy (non-hydrogen) atoms. The van der Waals surface area contributed by atoms with Crippen LogP contribution in [0.1, 0.15) is 52.5 Å². The maximum absolute atomic E-state index is 11.7. The van der Waals surface area contributed by atoms with Gasteiger partial charge in [-0.25, -0.2) is 13.1 Å². The summed E-state index contributed by atoms with van der Waals surface area (Å²) in [4.78, 5) is 0. The Morgan fingerprint density at radius 3 is 2.27 bits per heavy atom. The lowest BCUT2D eigenvalue weighted by Crippen LogP contribution is -2.37. The van der Waals surface area contributed by atoms with Crippen LogP contribution >= 0.6 is 0 Å². The van der Waals surface area contributed by atoms with Gasteiger partial charge in [-0.15, -0.1) is 0 Å². The lowest BCUT2D eigenvalue weighted by Gasteiger charge is -2.17. The van der Waals surface area contributed by atoms with Crippen molar-refractivity contribution in [3.63, 3.8) is 0 Å². The van der Waals surface area contributed by atoms with E-state index in [1.807, 2.05) is 19.1 Å². The molecule has 1 N–H and O–H groups in total. The number of hydrogen-bond acceptors (Lipinski definition) is 3. The highest BCUT2D eigenvalue weighted by Gasteiger charge is 2.16. The summed E-state index contributed by atoms with van der Waals surface area (Å²) in [5.74, 6) is 0.774. The average molecular weight is 327 g/mol. The number of ether oxygens (including phenoxy) is 1. The lowest BCUT2D eigenvalue weighted by molar-refractivity contribution is 0.225. The summed E-state index contributed by atoms with van der Waals surface area (Å²) in [5.41, 5.74) is 1.31. The van der Waals surface area contributed by atoms with Gasteiger partial charge in [0, 0.05) is 6.54 Å². The van der Waals surface area contributed by atoms with Crippen LogP contribution in [-0.4, -0.2) is 26.3 Å². The number of unbranched alkanes of at least 4 members (excludes halogenated alkanes) is 2. The van der Waals surface area contributed by atoms with Gasteiger partial charge in [0.15, 0.2) is 0 Å². The van der Waals surface area contributed by atoms with E-state index in [2.05, 4.69) is 23.8 Å². The number of benzene rings is 1. The van der Waals surface area contributed by atoms with Crippen LogP contribution in [0.4, 0.5) is 0 Å². The van der Waals surface area contributed by atoms with Crippen molar-refractivity contribution in [2.75, 3.05) is 6.54 Å². The molecule has 0 spiro atoms. The molecule has 1 aromatic carbocycles. The molecule has 0 amide bonds. The van der Waals surface area contributed by atoms with E-state index in [1.165, 1.54) is 24.8 Å². The summed E-state index contributed by atoms with van der Waals surface area (Å²) >= 11 is 0. The molecule has 126 valence electrons. The Morgan fingerprint density at radius 1 is 1.09 bits per heavy atom. The van der Waals surface area contributed by atoms with Crippen molar-refractivity contribution in [3.05, 3.63) is 29.8 Å². The molecule has 1 atom stereocenters. The number of sulfonamides is 1. The van der Waals surface area contributed by atoms with Gasteiger partial charge in [-0.05, 0) is 51.3 Å². The molecule has 0 aliphatic carbocycles. The Kier molecular flexibility index (Phi) is 7.90. The largest absolute Gasteiger partial charge is 0.489 e. The second-order valence-corrected chi connectivity index (χ2v) is 8.29. The van der Waals surface area contributed by atoms with E-state index in [4.69, 9.17) is 4.74 Å². The van der Waals surface area contributed by atoms with Crippen molar-refractivity contribution < 1.29 is 13.2 Å². The first-order valence-electron chi connectivity index (χ1n) is 8.09. The first-order valence-corrected chi connectivity index (χ1v) is 9.64. The first-order chi connectivity index (χ1) is 10.3. The second kappa shape index (κ2) is 9.16. The fourth-order valence-electron chi connectivity index (χ4n) is 1.99. The molecule has 5 heteroatoms. The Bertz CT molecular complexity index is 523. The van der Waals surface area contributed by atoms with Crippen molar-refractivity contribution >= 4 is 10.0 Å². The van der Waals surface area contributed by atoms with Gasteiger partial charge in [-0.2, -0.15) is 0 Å². The Hall–Kier alpha value is -1.07. The molecule has 0 aliphatic heterocycles. The van der Waals surface area contributed by atoms with Gasteiger partial charge >= 0.3 is 0 Å². The molecule has 0 aliphatic rings. The molecule has 0 saturated heterocycles. The minimum atomic E-state index is -3.24. The van der Waals surface area contributed by atoms with Crippen molar-refractivity contribution in [1.82, 2.24) is 4.72 Å². The minimum absolute atomic E-state index is 0.209. The fourth-order valence-corrected chi connectivity index (χ4v) is 2.79. The van der Waals surface area contributed by atoms with Crippen molar-refractivity contribution in [1.29, 1.82) is 0 Å². The monoisotopic (exact) mass is 327 g/mol. The van der Waals surface area contributed by atoms with E-state index in [0.717, 1.165) is 12.2 Å². The molecule has 4 nitrogen and oxygen atoms in total.